The monoisotopic (exact) mass is 197 g/mol. The van der Waals surface area contributed by atoms with Crippen molar-refractivity contribution in [1.82, 2.24) is 0 Å². The highest BCUT2D eigenvalue weighted by Gasteiger charge is 2.25. The zero-order valence-corrected chi connectivity index (χ0v) is 7.29. The number of phenols is 1. The zero-order valence-electron chi connectivity index (χ0n) is 7.29. The fourth-order valence-electron chi connectivity index (χ4n) is 1.06. The number of aromatic hydroxyl groups is 1. The minimum Gasteiger partial charge on any atom is -0.508 e. The van der Waals surface area contributed by atoms with E-state index in [1.165, 1.54) is 12.1 Å². The van der Waals surface area contributed by atoms with Gasteiger partial charge in [-0.1, -0.05) is 18.2 Å². The summed E-state index contributed by atoms with van der Waals surface area (Å²) in [5, 5.41) is 27.9. The van der Waals surface area contributed by atoms with Gasteiger partial charge in [-0.3, -0.25) is 4.79 Å². The quantitative estimate of drug-likeness (QED) is 0.513. The maximum Gasteiger partial charge on any atom is 0.249 e. The lowest BCUT2D eigenvalue weighted by molar-refractivity contribution is -0.132. The molecule has 2 unspecified atom stereocenters. The highest BCUT2D eigenvalue weighted by Crippen LogP contribution is 2.25. The lowest BCUT2D eigenvalue weighted by Gasteiger charge is -2.15. The average Bonchev–Trinajstić information content (AvgIpc) is 2.16. The van der Waals surface area contributed by atoms with E-state index in [2.05, 4.69) is 0 Å². The third kappa shape index (κ3) is 2.01. The number of nitrogens with two attached hydrogens (primary N) is 1. The third-order valence-corrected chi connectivity index (χ3v) is 1.85. The van der Waals surface area contributed by atoms with Gasteiger partial charge in [0.1, 0.15) is 11.9 Å². The van der Waals surface area contributed by atoms with Gasteiger partial charge in [-0.05, 0) is 6.07 Å². The number of phenolic OH excluding ortho intramolecular Hbond substituents is 1. The molecule has 1 rings (SSSR count). The van der Waals surface area contributed by atoms with Crippen LogP contribution in [0.1, 0.15) is 11.7 Å². The van der Waals surface area contributed by atoms with Gasteiger partial charge in [-0.25, -0.2) is 0 Å². The average molecular weight is 197 g/mol. The number of benzene rings is 1. The number of aliphatic hydroxyl groups is 2. The topological polar surface area (TPSA) is 104 Å². The predicted octanol–water partition coefficient (Wildman–Crippen LogP) is -0.728. The van der Waals surface area contributed by atoms with Crippen LogP contribution in [0.15, 0.2) is 24.3 Å². The first-order valence-corrected chi connectivity index (χ1v) is 3.97. The van der Waals surface area contributed by atoms with E-state index in [1.807, 2.05) is 0 Å². The molecule has 76 valence electrons. The largest absolute Gasteiger partial charge is 0.508 e. The summed E-state index contributed by atoms with van der Waals surface area (Å²) < 4.78 is 0. The minimum absolute atomic E-state index is 0.0683. The summed E-state index contributed by atoms with van der Waals surface area (Å²) in [5.41, 5.74) is 4.86. The Hall–Kier alpha value is -1.59. The number of primary amides is 1. The number of para-hydroxylation sites is 1. The Morgan fingerprint density at radius 2 is 1.86 bits per heavy atom. The molecule has 14 heavy (non-hydrogen) atoms. The summed E-state index contributed by atoms with van der Waals surface area (Å²) in [5.74, 6) is -1.24. The number of hydrogen-bond acceptors (Lipinski definition) is 4. The minimum atomic E-state index is -1.72. The van der Waals surface area contributed by atoms with Crippen LogP contribution in [0.5, 0.6) is 5.75 Å². The second-order valence-electron chi connectivity index (χ2n) is 2.85. The van der Waals surface area contributed by atoms with Gasteiger partial charge in [-0.15, -0.1) is 0 Å². The molecule has 0 aliphatic carbocycles. The molecule has 2 atom stereocenters. The van der Waals surface area contributed by atoms with Gasteiger partial charge < -0.3 is 21.1 Å². The number of carbonyl (C=O) groups excluding carboxylic acids is 1. The molecule has 5 heteroatoms. The van der Waals surface area contributed by atoms with Crippen LogP contribution >= 0.6 is 0 Å². The second kappa shape index (κ2) is 4.08. The van der Waals surface area contributed by atoms with E-state index < -0.39 is 18.1 Å². The molecule has 0 aromatic heterocycles. The van der Waals surface area contributed by atoms with Crippen molar-refractivity contribution in [2.45, 2.75) is 12.2 Å². The van der Waals surface area contributed by atoms with E-state index in [1.54, 1.807) is 12.1 Å². The van der Waals surface area contributed by atoms with Crippen LogP contribution in [-0.2, 0) is 4.79 Å². The zero-order chi connectivity index (χ0) is 10.7. The summed E-state index contributed by atoms with van der Waals surface area (Å²) in [6.45, 7) is 0. The fourth-order valence-corrected chi connectivity index (χ4v) is 1.06. The molecular weight excluding hydrogens is 186 g/mol. The van der Waals surface area contributed by atoms with Crippen LogP contribution in [0.4, 0.5) is 0 Å². The normalized spacial score (nSPS) is 14.7. The van der Waals surface area contributed by atoms with Crippen LogP contribution in [-0.4, -0.2) is 27.3 Å². The van der Waals surface area contributed by atoms with E-state index in [0.717, 1.165) is 0 Å². The Kier molecular flexibility index (Phi) is 3.06. The Morgan fingerprint density at radius 3 is 2.36 bits per heavy atom. The molecule has 0 spiro atoms. The number of carbonyl (C=O) groups is 1. The summed E-state index contributed by atoms with van der Waals surface area (Å²) >= 11 is 0. The van der Waals surface area contributed by atoms with Crippen molar-refractivity contribution in [1.29, 1.82) is 0 Å². The van der Waals surface area contributed by atoms with Crippen molar-refractivity contribution < 1.29 is 20.1 Å². The van der Waals surface area contributed by atoms with E-state index >= 15 is 0 Å². The molecule has 0 saturated heterocycles. The van der Waals surface area contributed by atoms with E-state index in [4.69, 9.17) is 10.8 Å². The molecule has 0 radical (unpaired) electrons. The van der Waals surface area contributed by atoms with Gasteiger partial charge >= 0.3 is 0 Å². The smallest absolute Gasteiger partial charge is 0.249 e. The van der Waals surface area contributed by atoms with Crippen LogP contribution in [0.25, 0.3) is 0 Å². The molecule has 1 aromatic rings. The van der Waals surface area contributed by atoms with Gasteiger partial charge in [0, 0.05) is 5.56 Å². The van der Waals surface area contributed by atoms with Gasteiger partial charge in [0.15, 0.2) is 6.10 Å². The van der Waals surface area contributed by atoms with Gasteiger partial charge in [0.2, 0.25) is 5.91 Å². The molecule has 5 N–H and O–H groups in total. The summed E-state index contributed by atoms with van der Waals surface area (Å²) in [4.78, 5) is 10.6. The molecule has 5 nitrogen and oxygen atoms in total. The summed E-state index contributed by atoms with van der Waals surface area (Å²) in [6, 6.07) is 5.85. The van der Waals surface area contributed by atoms with Gasteiger partial charge in [-0.2, -0.15) is 0 Å². The molecule has 0 aliphatic heterocycles. The first kappa shape index (κ1) is 10.5. The highest BCUT2D eigenvalue weighted by atomic mass is 16.3. The lowest BCUT2D eigenvalue weighted by atomic mass is 10.0. The molecule has 0 bridgehead atoms. The van der Waals surface area contributed by atoms with Crippen molar-refractivity contribution >= 4 is 5.91 Å². The van der Waals surface area contributed by atoms with Crippen molar-refractivity contribution in [3.05, 3.63) is 29.8 Å². The highest BCUT2D eigenvalue weighted by molar-refractivity contribution is 5.79. The first-order valence-electron chi connectivity index (χ1n) is 3.97. The Balaban J connectivity index is 2.94. The number of aliphatic hydroxyl groups excluding tert-OH is 2. The lowest BCUT2D eigenvalue weighted by Crippen LogP contribution is -2.33. The molecule has 0 heterocycles. The van der Waals surface area contributed by atoms with Crippen LogP contribution in [0.2, 0.25) is 0 Å². The fraction of sp³-hybridized carbons (Fsp3) is 0.222. The maximum absolute atomic E-state index is 10.6. The molecule has 0 aliphatic rings. The Morgan fingerprint density at radius 1 is 1.29 bits per heavy atom. The van der Waals surface area contributed by atoms with Crippen molar-refractivity contribution in [3.8, 4) is 5.75 Å². The SMILES string of the molecule is NC(=O)C(O)C(O)c1ccccc1O. The van der Waals surface area contributed by atoms with Gasteiger partial charge in [0.05, 0.1) is 0 Å². The Labute approximate surface area is 80.4 Å². The third-order valence-electron chi connectivity index (χ3n) is 1.85. The summed E-state index contributed by atoms with van der Waals surface area (Å²) in [6.07, 6.45) is -3.23. The van der Waals surface area contributed by atoms with Crippen molar-refractivity contribution in [2.24, 2.45) is 5.73 Å². The first-order chi connectivity index (χ1) is 6.54. The summed E-state index contributed by atoms with van der Waals surface area (Å²) in [7, 11) is 0. The molecule has 1 amide bonds. The maximum atomic E-state index is 10.6. The molecular formula is C9H11NO4. The van der Waals surface area contributed by atoms with Crippen LogP contribution in [0.3, 0.4) is 0 Å². The van der Waals surface area contributed by atoms with E-state index in [0.29, 0.717) is 0 Å². The number of rotatable bonds is 3. The molecule has 0 fully saturated rings. The van der Waals surface area contributed by atoms with E-state index in [-0.39, 0.29) is 11.3 Å². The molecule has 0 saturated carbocycles. The number of amides is 1. The number of hydrogen-bond donors (Lipinski definition) is 4. The molecule has 1 aromatic carbocycles. The van der Waals surface area contributed by atoms with Crippen molar-refractivity contribution in [2.75, 3.05) is 0 Å². The van der Waals surface area contributed by atoms with Crippen molar-refractivity contribution in [3.63, 3.8) is 0 Å². The Bertz CT molecular complexity index is 339. The second-order valence-corrected chi connectivity index (χ2v) is 2.85. The van der Waals surface area contributed by atoms with E-state index in [9.17, 15) is 15.0 Å². The predicted molar refractivity (Wildman–Crippen MR) is 48.3 cm³/mol. The van der Waals surface area contributed by atoms with Crippen LogP contribution < -0.4 is 5.73 Å². The standard InChI is InChI=1S/C9H11NO4/c10-9(14)8(13)7(12)5-3-1-2-4-6(5)11/h1-4,7-8,11-13H,(H2,10,14). The van der Waals surface area contributed by atoms with Gasteiger partial charge in [0.25, 0.3) is 0 Å². The van der Waals surface area contributed by atoms with Crippen LogP contribution in [0, 0.1) is 0 Å².